The van der Waals surface area contributed by atoms with Crippen LogP contribution < -0.4 is 4.74 Å². The van der Waals surface area contributed by atoms with E-state index in [-0.39, 0.29) is 11.9 Å². The Bertz CT molecular complexity index is 538. The molecule has 0 saturated heterocycles. The van der Waals surface area contributed by atoms with Crippen LogP contribution in [0.15, 0.2) is 18.2 Å². The minimum absolute atomic E-state index is 0.0370. The monoisotopic (exact) mass is 394 g/mol. The second-order valence-corrected chi connectivity index (χ2v) is 7.11. The molecule has 0 fully saturated rings. The van der Waals surface area contributed by atoms with E-state index in [1.54, 1.807) is 18.2 Å². The van der Waals surface area contributed by atoms with E-state index in [2.05, 4.69) is 0 Å². The first-order valence-corrected chi connectivity index (χ1v) is 10.8. The molecule has 0 atom stereocenters. The molecule has 0 aliphatic rings. The third-order valence-electron chi connectivity index (χ3n) is 4.66. The summed E-state index contributed by atoms with van der Waals surface area (Å²) in [7, 11) is 0. The average Bonchev–Trinajstić information content (AvgIpc) is 2.66. The van der Waals surface area contributed by atoms with Crippen molar-refractivity contribution in [2.75, 3.05) is 19.8 Å². The highest BCUT2D eigenvalue weighted by molar-refractivity contribution is 5.90. The van der Waals surface area contributed by atoms with Crippen molar-refractivity contribution < 1.29 is 24.1 Å². The molecule has 0 heterocycles. The highest BCUT2D eigenvalue weighted by Gasteiger charge is 2.11. The van der Waals surface area contributed by atoms with Gasteiger partial charge in [-0.3, -0.25) is 0 Å². The first kappa shape index (κ1) is 24.4. The summed E-state index contributed by atoms with van der Waals surface area (Å²) in [5.74, 6) is -0.464. The fourth-order valence-corrected chi connectivity index (χ4v) is 3.17. The van der Waals surface area contributed by atoms with Crippen LogP contribution in [0.5, 0.6) is 5.75 Å². The number of hydrogen-bond acceptors (Lipinski definition) is 4. The fraction of sp³-hybridized carbons (Fsp3) is 0.696. The Morgan fingerprint density at radius 3 is 2.07 bits per heavy atom. The van der Waals surface area contributed by atoms with Crippen molar-refractivity contribution in [2.45, 2.75) is 84.8 Å². The molecule has 5 nitrogen and oxygen atoms in total. The lowest BCUT2D eigenvalue weighted by atomic mass is 10.1. The van der Waals surface area contributed by atoms with Crippen LogP contribution in [0.2, 0.25) is 0 Å². The molecule has 0 radical (unpaired) electrons. The van der Waals surface area contributed by atoms with E-state index in [0.717, 1.165) is 31.2 Å². The van der Waals surface area contributed by atoms with Gasteiger partial charge in [-0.2, -0.15) is 0 Å². The number of aromatic carboxylic acids is 1. The van der Waals surface area contributed by atoms with Gasteiger partial charge in [0.25, 0.3) is 0 Å². The quantitative estimate of drug-likeness (QED) is 0.260. The van der Waals surface area contributed by atoms with Crippen molar-refractivity contribution >= 4 is 5.97 Å². The van der Waals surface area contributed by atoms with E-state index in [9.17, 15) is 9.90 Å². The number of carboxylic acids is 1. The minimum atomic E-state index is -0.941. The Hall–Kier alpha value is -1.59. The summed E-state index contributed by atoms with van der Waals surface area (Å²) < 4.78 is 16.8. The number of ether oxygens (including phenoxy) is 3. The predicted molar refractivity (Wildman–Crippen MR) is 112 cm³/mol. The van der Waals surface area contributed by atoms with Crippen LogP contribution in [0.1, 0.15) is 87.6 Å². The number of aryl methyl sites for hydroxylation is 1. The Balaban J connectivity index is 2.03. The first-order chi connectivity index (χ1) is 13.6. The van der Waals surface area contributed by atoms with Crippen molar-refractivity contribution in [1.82, 2.24) is 0 Å². The number of rotatable bonds is 17. The molecule has 0 spiro atoms. The van der Waals surface area contributed by atoms with Crippen LogP contribution in [0.4, 0.5) is 0 Å². The summed E-state index contributed by atoms with van der Waals surface area (Å²) in [5, 5.41) is 9.21. The second-order valence-electron chi connectivity index (χ2n) is 7.11. The standard InChI is InChI=1S/C23H38O5/c1-4-26-22(27-5-2)14-12-10-8-6-7-9-11-13-17-28-21-18-19(3)15-16-20(21)23(24)25/h15-16,18,22H,4-14,17H2,1-3H3,(H,24,25). The maximum absolute atomic E-state index is 11.2. The summed E-state index contributed by atoms with van der Waals surface area (Å²) in [6.45, 7) is 7.92. The van der Waals surface area contributed by atoms with Gasteiger partial charge in [0.1, 0.15) is 11.3 Å². The lowest BCUT2D eigenvalue weighted by Gasteiger charge is -2.16. The molecule has 0 aliphatic carbocycles. The van der Waals surface area contributed by atoms with E-state index in [1.807, 2.05) is 20.8 Å². The van der Waals surface area contributed by atoms with Gasteiger partial charge in [-0.05, 0) is 57.7 Å². The summed E-state index contributed by atoms with van der Waals surface area (Å²) in [6, 6.07) is 5.20. The number of hydrogen-bond donors (Lipinski definition) is 1. The van der Waals surface area contributed by atoms with Crippen LogP contribution in [0.25, 0.3) is 0 Å². The lowest BCUT2D eigenvalue weighted by Crippen LogP contribution is -2.17. The molecular weight excluding hydrogens is 356 g/mol. The average molecular weight is 395 g/mol. The van der Waals surface area contributed by atoms with Crippen molar-refractivity contribution in [3.63, 3.8) is 0 Å². The highest BCUT2D eigenvalue weighted by atomic mass is 16.7. The fourth-order valence-electron chi connectivity index (χ4n) is 3.17. The SMILES string of the molecule is CCOC(CCCCCCCCCCOc1cc(C)ccc1C(=O)O)OCC. The zero-order chi connectivity index (χ0) is 20.6. The molecule has 1 aromatic rings. The highest BCUT2D eigenvalue weighted by Crippen LogP contribution is 2.21. The molecule has 160 valence electrons. The molecular formula is C23H38O5. The Labute approximate surface area is 170 Å². The Kier molecular flexibility index (Phi) is 13.4. The molecule has 0 aromatic heterocycles. The van der Waals surface area contributed by atoms with Gasteiger partial charge in [-0.1, -0.05) is 44.6 Å². The first-order valence-electron chi connectivity index (χ1n) is 10.8. The predicted octanol–water partition coefficient (Wildman–Crippen LogP) is 5.98. The zero-order valence-electron chi connectivity index (χ0n) is 17.9. The van der Waals surface area contributed by atoms with Crippen LogP contribution in [0, 0.1) is 6.92 Å². The molecule has 0 bridgehead atoms. The Morgan fingerprint density at radius 1 is 0.929 bits per heavy atom. The zero-order valence-corrected chi connectivity index (χ0v) is 17.9. The van der Waals surface area contributed by atoms with Crippen LogP contribution in [-0.2, 0) is 9.47 Å². The van der Waals surface area contributed by atoms with Crippen molar-refractivity contribution in [3.8, 4) is 5.75 Å². The minimum Gasteiger partial charge on any atom is -0.493 e. The largest absolute Gasteiger partial charge is 0.493 e. The van der Waals surface area contributed by atoms with Crippen molar-refractivity contribution in [1.29, 1.82) is 0 Å². The second kappa shape index (κ2) is 15.3. The van der Waals surface area contributed by atoms with Crippen LogP contribution >= 0.6 is 0 Å². The normalized spacial score (nSPS) is 11.1. The molecule has 1 N–H and O–H groups in total. The number of carbonyl (C=O) groups is 1. The van der Waals surface area contributed by atoms with E-state index < -0.39 is 5.97 Å². The number of benzene rings is 1. The molecule has 0 unspecified atom stereocenters. The smallest absolute Gasteiger partial charge is 0.339 e. The Morgan fingerprint density at radius 2 is 1.50 bits per heavy atom. The van der Waals surface area contributed by atoms with Crippen LogP contribution in [-0.4, -0.2) is 37.2 Å². The molecule has 28 heavy (non-hydrogen) atoms. The molecule has 0 amide bonds. The van der Waals surface area contributed by atoms with E-state index in [0.29, 0.717) is 25.6 Å². The number of unbranched alkanes of at least 4 members (excludes halogenated alkanes) is 7. The van der Waals surface area contributed by atoms with E-state index in [1.165, 1.54) is 32.1 Å². The van der Waals surface area contributed by atoms with Crippen molar-refractivity contribution in [2.24, 2.45) is 0 Å². The van der Waals surface area contributed by atoms with E-state index in [4.69, 9.17) is 14.2 Å². The van der Waals surface area contributed by atoms with Gasteiger partial charge < -0.3 is 19.3 Å². The molecule has 1 aromatic carbocycles. The van der Waals surface area contributed by atoms with Gasteiger partial charge in [-0.15, -0.1) is 0 Å². The van der Waals surface area contributed by atoms with Gasteiger partial charge in [0, 0.05) is 13.2 Å². The third kappa shape index (κ3) is 10.7. The molecule has 0 aliphatic heterocycles. The van der Waals surface area contributed by atoms with Gasteiger partial charge in [0.05, 0.1) is 6.61 Å². The molecule has 5 heteroatoms. The maximum Gasteiger partial charge on any atom is 0.339 e. The summed E-state index contributed by atoms with van der Waals surface area (Å²) >= 11 is 0. The van der Waals surface area contributed by atoms with Crippen molar-refractivity contribution in [3.05, 3.63) is 29.3 Å². The van der Waals surface area contributed by atoms with Crippen LogP contribution in [0.3, 0.4) is 0 Å². The maximum atomic E-state index is 11.2. The summed E-state index contributed by atoms with van der Waals surface area (Å²) in [5.41, 5.74) is 1.25. The van der Waals surface area contributed by atoms with Gasteiger partial charge in [-0.25, -0.2) is 4.79 Å². The topological polar surface area (TPSA) is 65.0 Å². The summed E-state index contributed by atoms with van der Waals surface area (Å²) in [4.78, 5) is 11.2. The lowest BCUT2D eigenvalue weighted by molar-refractivity contribution is -0.140. The molecule has 1 rings (SSSR count). The molecule has 0 saturated carbocycles. The van der Waals surface area contributed by atoms with Gasteiger partial charge in [0.2, 0.25) is 0 Å². The number of carboxylic acid groups (broad SMARTS) is 1. The van der Waals surface area contributed by atoms with Gasteiger partial charge >= 0.3 is 5.97 Å². The van der Waals surface area contributed by atoms with Gasteiger partial charge in [0.15, 0.2) is 6.29 Å². The van der Waals surface area contributed by atoms with E-state index >= 15 is 0 Å². The summed E-state index contributed by atoms with van der Waals surface area (Å²) in [6.07, 6.45) is 10.4. The third-order valence-corrected chi connectivity index (χ3v) is 4.66.